The Morgan fingerprint density at radius 1 is 1.14 bits per heavy atom. The summed E-state index contributed by atoms with van der Waals surface area (Å²) in [6.07, 6.45) is 2.35. The summed E-state index contributed by atoms with van der Waals surface area (Å²) in [5.41, 5.74) is 3.27. The molecule has 3 heteroatoms. The first-order valence-electron chi connectivity index (χ1n) is 7.19. The minimum atomic E-state index is -0.334. The van der Waals surface area contributed by atoms with Crippen molar-refractivity contribution >= 4 is 12.0 Å². The van der Waals surface area contributed by atoms with E-state index >= 15 is 0 Å². The lowest BCUT2D eigenvalue weighted by Crippen LogP contribution is -2.26. The Kier molecular flexibility index (Phi) is 5.50. The monoisotopic (exact) mass is 290 g/mol. The Labute approximate surface area is 130 Å². The topological polar surface area (TPSA) is 52.9 Å². The highest BCUT2D eigenvalue weighted by molar-refractivity contribution is 6.01. The van der Waals surface area contributed by atoms with Crippen LogP contribution < -0.4 is 5.32 Å². The van der Waals surface area contributed by atoms with Crippen molar-refractivity contribution in [1.29, 1.82) is 5.26 Å². The molecule has 0 radical (unpaired) electrons. The summed E-state index contributed by atoms with van der Waals surface area (Å²) in [7, 11) is 0. The number of rotatable bonds is 5. The summed E-state index contributed by atoms with van der Waals surface area (Å²) < 4.78 is 0. The molecule has 0 spiro atoms. The van der Waals surface area contributed by atoms with E-state index in [1.807, 2.05) is 67.6 Å². The van der Waals surface area contributed by atoms with Crippen molar-refractivity contribution in [3.63, 3.8) is 0 Å². The van der Waals surface area contributed by atoms with Crippen LogP contribution in [0.4, 0.5) is 0 Å². The van der Waals surface area contributed by atoms with Gasteiger partial charge in [0.05, 0.1) is 0 Å². The van der Waals surface area contributed by atoms with Gasteiger partial charge in [0.25, 0.3) is 5.91 Å². The van der Waals surface area contributed by atoms with E-state index in [0.717, 1.165) is 23.1 Å². The first kappa shape index (κ1) is 15.5. The van der Waals surface area contributed by atoms with Gasteiger partial charge in [0.2, 0.25) is 0 Å². The Hall–Kier alpha value is -2.86. The average Bonchev–Trinajstić information content (AvgIpc) is 2.55. The lowest BCUT2D eigenvalue weighted by Gasteiger charge is -2.04. The predicted octanol–water partition coefficient (Wildman–Crippen LogP) is 3.26. The molecule has 0 bridgehead atoms. The molecule has 0 unspecified atom stereocenters. The van der Waals surface area contributed by atoms with Gasteiger partial charge in [0, 0.05) is 6.54 Å². The number of carbonyl (C=O) groups excluding carboxylic acids is 1. The van der Waals surface area contributed by atoms with Gasteiger partial charge >= 0.3 is 0 Å². The summed E-state index contributed by atoms with van der Waals surface area (Å²) in [5.74, 6) is -0.334. The van der Waals surface area contributed by atoms with Crippen molar-refractivity contribution in [2.24, 2.45) is 0 Å². The largest absolute Gasteiger partial charge is 0.351 e. The molecule has 1 N–H and O–H groups in total. The highest BCUT2D eigenvalue weighted by atomic mass is 16.1. The van der Waals surface area contributed by atoms with Crippen molar-refractivity contribution in [2.45, 2.75) is 13.3 Å². The molecule has 0 aliphatic heterocycles. The van der Waals surface area contributed by atoms with Crippen LogP contribution in [0.2, 0.25) is 0 Å². The maximum Gasteiger partial charge on any atom is 0.261 e. The van der Waals surface area contributed by atoms with Crippen LogP contribution in [-0.4, -0.2) is 12.5 Å². The van der Waals surface area contributed by atoms with Crippen LogP contribution in [0.1, 0.15) is 16.7 Å². The molecule has 0 fully saturated rings. The van der Waals surface area contributed by atoms with Gasteiger partial charge in [-0.1, -0.05) is 60.2 Å². The maximum atomic E-state index is 12.0. The van der Waals surface area contributed by atoms with Gasteiger partial charge in [0.15, 0.2) is 0 Å². The standard InChI is InChI=1S/C19H18N2O/c1-15-7-9-17(10-8-15)13-18(14-20)19(22)21-12-11-16-5-3-2-4-6-16/h2-10,13H,11-12H2,1H3,(H,21,22)/b18-13+. The van der Waals surface area contributed by atoms with Gasteiger partial charge in [-0.05, 0) is 30.5 Å². The normalized spacial score (nSPS) is 10.8. The zero-order chi connectivity index (χ0) is 15.8. The number of benzene rings is 2. The van der Waals surface area contributed by atoms with Crippen LogP contribution >= 0.6 is 0 Å². The first-order valence-corrected chi connectivity index (χ1v) is 7.19. The van der Waals surface area contributed by atoms with Gasteiger partial charge in [0.1, 0.15) is 11.6 Å². The molecule has 0 heterocycles. The van der Waals surface area contributed by atoms with Crippen molar-refractivity contribution in [3.8, 4) is 6.07 Å². The second kappa shape index (κ2) is 7.80. The van der Waals surface area contributed by atoms with Crippen LogP contribution in [0, 0.1) is 18.3 Å². The molecule has 0 atom stereocenters. The molecule has 0 saturated carbocycles. The van der Waals surface area contributed by atoms with Crippen molar-refractivity contribution in [2.75, 3.05) is 6.54 Å². The summed E-state index contributed by atoms with van der Waals surface area (Å²) in [4.78, 5) is 12.0. The smallest absolute Gasteiger partial charge is 0.261 e. The van der Waals surface area contributed by atoms with Crippen molar-refractivity contribution < 1.29 is 4.79 Å². The molecule has 2 aromatic carbocycles. The van der Waals surface area contributed by atoms with Gasteiger partial charge < -0.3 is 5.32 Å². The van der Waals surface area contributed by atoms with Crippen LogP contribution in [0.25, 0.3) is 6.08 Å². The van der Waals surface area contributed by atoms with Crippen LogP contribution in [0.15, 0.2) is 60.2 Å². The lowest BCUT2D eigenvalue weighted by molar-refractivity contribution is -0.117. The zero-order valence-electron chi connectivity index (χ0n) is 12.5. The van der Waals surface area contributed by atoms with Gasteiger partial charge in [-0.2, -0.15) is 5.26 Å². The fourth-order valence-electron chi connectivity index (χ4n) is 2.04. The second-order valence-electron chi connectivity index (χ2n) is 5.07. The number of aryl methyl sites for hydroxylation is 1. The minimum Gasteiger partial charge on any atom is -0.351 e. The van der Waals surface area contributed by atoms with Crippen LogP contribution in [-0.2, 0) is 11.2 Å². The highest BCUT2D eigenvalue weighted by Gasteiger charge is 2.08. The third-order valence-corrected chi connectivity index (χ3v) is 3.30. The second-order valence-corrected chi connectivity index (χ2v) is 5.07. The van der Waals surface area contributed by atoms with E-state index in [1.54, 1.807) is 6.08 Å². The summed E-state index contributed by atoms with van der Waals surface area (Å²) in [6, 6.07) is 19.6. The number of nitriles is 1. The summed E-state index contributed by atoms with van der Waals surface area (Å²) in [5, 5.41) is 11.9. The SMILES string of the molecule is Cc1ccc(/C=C(\C#N)C(=O)NCCc2ccccc2)cc1. The van der Waals surface area contributed by atoms with E-state index in [4.69, 9.17) is 5.26 Å². The maximum absolute atomic E-state index is 12.0. The Morgan fingerprint density at radius 2 is 1.82 bits per heavy atom. The third-order valence-electron chi connectivity index (χ3n) is 3.30. The van der Waals surface area contributed by atoms with Crippen molar-refractivity contribution in [1.82, 2.24) is 5.32 Å². The Morgan fingerprint density at radius 3 is 2.45 bits per heavy atom. The van der Waals surface area contributed by atoms with Gasteiger partial charge in [-0.25, -0.2) is 0 Å². The first-order chi connectivity index (χ1) is 10.7. The van der Waals surface area contributed by atoms with Crippen molar-refractivity contribution in [3.05, 3.63) is 76.9 Å². The van der Waals surface area contributed by atoms with Gasteiger partial charge in [-0.15, -0.1) is 0 Å². The number of carbonyl (C=O) groups is 1. The Balaban J connectivity index is 1.94. The lowest BCUT2D eigenvalue weighted by atomic mass is 10.1. The predicted molar refractivity (Wildman–Crippen MR) is 87.9 cm³/mol. The molecule has 0 saturated heterocycles. The van der Waals surface area contributed by atoms with E-state index in [9.17, 15) is 4.79 Å². The molecule has 22 heavy (non-hydrogen) atoms. The third kappa shape index (κ3) is 4.60. The number of amides is 1. The average molecular weight is 290 g/mol. The molecule has 2 rings (SSSR count). The van der Waals surface area contributed by atoms with Gasteiger partial charge in [-0.3, -0.25) is 4.79 Å². The minimum absolute atomic E-state index is 0.122. The number of nitrogens with one attached hydrogen (secondary N) is 1. The molecular formula is C19H18N2O. The zero-order valence-corrected chi connectivity index (χ0v) is 12.5. The molecular weight excluding hydrogens is 272 g/mol. The summed E-state index contributed by atoms with van der Waals surface area (Å²) >= 11 is 0. The quantitative estimate of drug-likeness (QED) is 0.679. The Bertz CT molecular complexity index is 694. The van der Waals surface area contributed by atoms with E-state index in [-0.39, 0.29) is 11.5 Å². The van der Waals surface area contributed by atoms with E-state index in [1.165, 1.54) is 0 Å². The number of nitrogens with zero attached hydrogens (tertiary/aromatic N) is 1. The fourth-order valence-corrected chi connectivity index (χ4v) is 2.04. The summed E-state index contributed by atoms with van der Waals surface area (Å²) in [6.45, 7) is 2.50. The number of hydrogen-bond donors (Lipinski definition) is 1. The molecule has 0 aromatic heterocycles. The molecule has 2 aromatic rings. The fraction of sp³-hybridized carbons (Fsp3) is 0.158. The highest BCUT2D eigenvalue weighted by Crippen LogP contribution is 2.08. The van der Waals surface area contributed by atoms with E-state index in [2.05, 4.69) is 5.32 Å². The van der Waals surface area contributed by atoms with E-state index < -0.39 is 0 Å². The van der Waals surface area contributed by atoms with Crippen LogP contribution in [0.5, 0.6) is 0 Å². The molecule has 0 aliphatic carbocycles. The van der Waals surface area contributed by atoms with E-state index in [0.29, 0.717) is 6.54 Å². The molecule has 110 valence electrons. The van der Waals surface area contributed by atoms with Crippen LogP contribution in [0.3, 0.4) is 0 Å². The molecule has 3 nitrogen and oxygen atoms in total. The molecule has 0 aliphatic rings. The number of hydrogen-bond acceptors (Lipinski definition) is 2. The molecule has 1 amide bonds.